The number of carbonyl (C=O) groups excluding carboxylic acids is 1. The van der Waals surface area contributed by atoms with Crippen molar-refractivity contribution < 1.29 is 9.90 Å². The van der Waals surface area contributed by atoms with Gasteiger partial charge < -0.3 is 10.4 Å². The Hall–Kier alpha value is -1.79. The molecule has 1 fully saturated rings. The number of aliphatic hydroxyl groups is 1. The van der Waals surface area contributed by atoms with E-state index in [9.17, 15) is 4.79 Å². The molecule has 0 spiro atoms. The van der Waals surface area contributed by atoms with Crippen LogP contribution in [-0.2, 0) is 4.79 Å². The largest absolute Gasteiger partial charge is 0.395 e. The molecule has 1 amide bonds. The zero-order valence-electron chi connectivity index (χ0n) is 12.4. The average molecular weight is 285 g/mol. The van der Waals surface area contributed by atoms with Gasteiger partial charge in [0, 0.05) is 23.6 Å². The third kappa shape index (κ3) is 5.24. The van der Waals surface area contributed by atoms with Gasteiger partial charge in [-0.15, -0.1) is 0 Å². The Morgan fingerprint density at radius 3 is 2.43 bits per heavy atom. The van der Waals surface area contributed by atoms with Gasteiger partial charge in [-0.2, -0.15) is 0 Å². The molecule has 0 aliphatic heterocycles. The van der Waals surface area contributed by atoms with Gasteiger partial charge in [-0.1, -0.05) is 37.5 Å². The summed E-state index contributed by atoms with van der Waals surface area (Å²) in [6.07, 6.45) is 7.35. The Morgan fingerprint density at radius 1 is 1.14 bits per heavy atom. The summed E-state index contributed by atoms with van der Waals surface area (Å²) in [5, 5.41) is 11.7. The van der Waals surface area contributed by atoms with Crippen LogP contribution in [0.25, 0.3) is 0 Å². The first-order chi connectivity index (χ1) is 10.3. The van der Waals surface area contributed by atoms with Gasteiger partial charge in [0.2, 0.25) is 5.91 Å². The lowest BCUT2D eigenvalue weighted by atomic mass is 9.99. The Bertz CT molecular complexity index is 502. The molecule has 0 heterocycles. The topological polar surface area (TPSA) is 49.3 Å². The summed E-state index contributed by atoms with van der Waals surface area (Å²) in [7, 11) is 0. The van der Waals surface area contributed by atoms with E-state index in [1.54, 1.807) is 0 Å². The van der Waals surface area contributed by atoms with Crippen LogP contribution in [0.1, 0.15) is 50.5 Å². The second-order valence-electron chi connectivity index (χ2n) is 5.53. The molecule has 1 aliphatic rings. The highest BCUT2D eigenvalue weighted by atomic mass is 16.2. The minimum absolute atomic E-state index is 0.0858. The Labute approximate surface area is 126 Å². The lowest BCUT2D eigenvalue weighted by Crippen LogP contribution is -2.22. The summed E-state index contributed by atoms with van der Waals surface area (Å²) >= 11 is 0. The quantitative estimate of drug-likeness (QED) is 0.661. The van der Waals surface area contributed by atoms with Crippen molar-refractivity contribution >= 4 is 11.6 Å². The molecule has 1 aliphatic carbocycles. The molecule has 0 aromatic heterocycles. The first kappa shape index (κ1) is 15.6. The van der Waals surface area contributed by atoms with Crippen LogP contribution < -0.4 is 5.32 Å². The summed E-state index contributed by atoms with van der Waals surface area (Å²) in [5.74, 6) is 6.17. The number of hydrogen-bond donors (Lipinski definition) is 2. The molecular weight excluding hydrogens is 262 g/mol. The van der Waals surface area contributed by atoms with Gasteiger partial charge in [-0.25, -0.2) is 0 Å². The van der Waals surface area contributed by atoms with Crippen molar-refractivity contribution in [2.45, 2.75) is 44.9 Å². The van der Waals surface area contributed by atoms with Gasteiger partial charge >= 0.3 is 0 Å². The highest BCUT2D eigenvalue weighted by molar-refractivity contribution is 5.92. The van der Waals surface area contributed by atoms with Crippen molar-refractivity contribution in [3.8, 4) is 11.8 Å². The number of aliphatic hydroxyl groups excluding tert-OH is 1. The monoisotopic (exact) mass is 285 g/mol. The number of benzene rings is 1. The van der Waals surface area contributed by atoms with E-state index in [-0.39, 0.29) is 18.4 Å². The second-order valence-corrected chi connectivity index (χ2v) is 5.53. The molecule has 21 heavy (non-hydrogen) atoms. The van der Waals surface area contributed by atoms with Crippen molar-refractivity contribution in [1.29, 1.82) is 0 Å². The van der Waals surface area contributed by atoms with Crippen LogP contribution in [0, 0.1) is 17.8 Å². The predicted molar refractivity (Wildman–Crippen MR) is 84.8 cm³/mol. The molecule has 1 aromatic carbocycles. The van der Waals surface area contributed by atoms with Crippen LogP contribution in [0.5, 0.6) is 0 Å². The van der Waals surface area contributed by atoms with Crippen LogP contribution in [0.2, 0.25) is 0 Å². The fourth-order valence-electron chi connectivity index (χ4n) is 2.64. The van der Waals surface area contributed by atoms with Crippen molar-refractivity contribution in [2.24, 2.45) is 5.92 Å². The van der Waals surface area contributed by atoms with Crippen molar-refractivity contribution in [2.75, 3.05) is 11.9 Å². The minimum Gasteiger partial charge on any atom is -0.395 e. The van der Waals surface area contributed by atoms with E-state index in [1.807, 2.05) is 24.3 Å². The van der Waals surface area contributed by atoms with Gasteiger partial charge in [-0.05, 0) is 37.1 Å². The van der Waals surface area contributed by atoms with Crippen molar-refractivity contribution in [3.05, 3.63) is 29.8 Å². The Balaban J connectivity index is 1.90. The fourth-order valence-corrected chi connectivity index (χ4v) is 2.64. The van der Waals surface area contributed by atoms with Crippen LogP contribution >= 0.6 is 0 Å². The molecule has 2 rings (SSSR count). The predicted octanol–water partition coefficient (Wildman–Crippen LogP) is 3.33. The lowest BCUT2D eigenvalue weighted by molar-refractivity contribution is -0.120. The van der Waals surface area contributed by atoms with Crippen molar-refractivity contribution in [1.82, 2.24) is 0 Å². The van der Waals surface area contributed by atoms with Crippen LogP contribution in [0.4, 0.5) is 5.69 Å². The number of carbonyl (C=O) groups is 1. The van der Waals surface area contributed by atoms with Crippen LogP contribution in [0.15, 0.2) is 24.3 Å². The van der Waals surface area contributed by atoms with E-state index in [2.05, 4.69) is 17.2 Å². The fraction of sp³-hybridized carbons (Fsp3) is 0.500. The maximum atomic E-state index is 12.2. The van der Waals surface area contributed by atoms with Gasteiger partial charge in [0.15, 0.2) is 0 Å². The standard InChI is InChI=1S/C18H23NO2/c20-14-6-5-7-15-10-12-17(13-11-15)19-18(21)16-8-3-1-2-4-9-16/h10-13,16,20H,1-4,6,8-9,14H2,(H,19,21). The Morgan fingerprint density at radius 2 is 1.81 bits per heavy atom. The molecule has 2 N–H and O–H groups in total. The van der Waals surface area contributed by atoms with E-state index in [1.165, 1.54) is 12.8 Å². The normalized spacial score (nSPS) is 15.7. The van der Waals surface area contributed by atoms with E-state index < -0.39 is 0 Å². The molecule has 1 saturated carbocycles. The van der Waals surface area contributed by atoms with E-state index >= 15 is 0 Å². The SMILES string of the molecule is O=C(Nc1ccc(C#CCCO)cc1)C1CCCCCC1. The van der Waals surface area contributed by atoms with Crippen LogP contribution in [0.3, 0.4) is 0 Å². The summed E-state index contributed by atoms with van der Waals surface area (Å²) in [6, 6.07) is 7.56. The second kappa shape index (κ2) is 8.49. The molecular formula is C18H23NO2. The first-order valence-corrected chi connectivity index (χ1v) is 7.80. The van der Waals surface area contributed by atoms with Crippen LogP contribution in [-0.4, -0.2) is 17.6 Å². The van der Waals surface area contributed by atoms with Crippen molar-refractivity contribution in [3.63, 3.8) is 0 Å². The van der Waals surface area contributed by atoms with E-state index in [4.69, 9.17) is 5.11 Å². The third-order valence-electron chi connectivity index (χ3n) is 3.85. The summed E-state index contributed by atoms with van der Waals surface area (Å²) in [4.78, 5) is 12.2. The number of nitrogens with one attached hydrogen (secondary N) is 1. The van der Waals surface area contributed by atoms with E-state index in [0.717, 1.165) is 36.9 Å². The minimum atomic E-state index is 0.0858. The highest BCUT2D eigenvalue weighted by Gasteiger charge is 2.19. The molecule has 0 unspecified atom stereocenters. The highest BCUT2D eigenvalue weighted by Crippen LogP contribution is 2.24. The molecule has 112 valence electrons. The molecule has 0 atom stereocenters. The first-order valence-electron chi connectivity index (χ1n) is 7.80. The molecule has 1 aromatic rings. The lowest BCUT2D eigenvalue weighted by Gasteiger charge is -2.14. The Kier molecular flexibility index (Phi) is 6.30. The smallest absolute Gasteiger partial charge is 0.227 e. The summed E-state index contributed by atoms with van der Waals surface area (Å²) in [5.41, 5.74) is 1.73. The maximum absolute atomic E-state index is 12.2. The average Bonchev–Trinajstić information content (AvgIpc) is 2.78. The molecule has 0 bridgehead atoms. The third-order valence-corrected chi connectivity index (χ3v) is 3.85. The summed E-state index contributed by atoms with van der Waals surface area (Å²) in [6.45, 7) is 0.0858. The number of amides is 1. The molecule has 0 radical (unpaired) electrons. The van der Waals surface area contributed by atoms with E-state index in [0.29, 0.717) is 6.42 Å². The molecule has 3 nitrogen and oxygen atoms in total. The maximum Gasteiger partial charge on any atom is 0.227 e. The number of rotatable bonds is 3. The molecule has 0 saturated heterocycles. The zero-order chi connectivity index (χ0) is 14.9. The molecule has 3 heteroatoms. The van der Waals surface area contributed by atoms with Gasteiger partial charge in [0.25, 0.3) is 0 Å². The van der Waals surface area contributed by atoms with Gasteiger partial charge in [0.05, 0.1) is 6.61 Å². The van der Waals surface area contributed by atoms with Gasteiger partial charge in [0.1, 0.15) is 0 Å². The zero-order valence-corrected chi connectivity index (χ0v) is 12.4. The number of anilines is 1. The number of hydrogen-bond acceptors (Lipinski definition) is 2. The van der Waals surface area contributed by atoms with Gasteiger partial charge in [-0.3, -0.25) is 4.79 Å². The summed E-state index contributed by atoms with van der Waals surface area (Å²) < 4.78 is 0.